The highest BCUT2D eigenvalue weighted by molar-refractivity contribution is 5.69. The fraction of sp³-hybridized carbons (Fsp3) is 0.125. The molecule has 0 heterocycles. The Morgan fingerprint density at radius 1 is 0.800 bits per heavy atom. The van der Waals surface area contributed by atoms with Gasteiger partial charge in [0.05, 0.1) is 12.7 Å². The van der Waals surface area contributed by atoms with Gasteiger partial charge < -0.3 is 4.74 Å². The highest BCUT2D eigenvalue weighted by atomic mass is 19.4. The Morgan fingerprint density at radius 2 is 1.25 bits per heavy atom. The first-order chi connectivity index (χ1) is 9.49. The largest absolute Gasteiger partial charge is 0.497 e. The lowest BCUT2D eigenvalue weighted by molar-refractivity contribution is -0.137. The summed E-state index contributed by atoms with van der Waals surface area (Å²) in [5.41, 5.74) is 1.03. The van der Waals surface area contributed by atoms with Gasteiger partial charge in [0, 0.05) is 0 Å². The van der Waals surface area contributed by atoms with Crippen LogP contribution in [0.1, 0.15) is 16.7 Å². The van der Waals surface area contributed by atoms with Crippen molar-refractivity contribution in [2.75, 3.05) is 7.11 Å². The van der Waals surface area contributed by atoms with Crippen molar-refractivity contribution in [3.05, 3.63) is 65.2 Å². The van der Waals surface area contributed by atoms with Crippen LogP contribution in [0.5, 0.6) is 5.75 Å². The predicted molar refractivity (Wildman–Crippen MR) is 73.4 cm³/mol. The van der Waals surface area contributed by atoms with Crippen LogP contribution < -0.4 is 4.74 Å². The van der Waals surface area contributed by atoms with Crippen LogP contribution in [0.3, 0.4) is 0 Å². The van der Waals surface area contributed by atoms with Crippen molar-refractivity contribution in [2.45, 2.75) is 6.18 Å². The summed E-state index contributed by atoms with van der Waals surface area (Å²) in [6, 6.07) is 12.4. The first kappa shape index (κ1) is 14.2. The maximum Gasteiger partial charge on any atom is 0.416 e. The second-order valence-corrected chi connectivity index (χ2v) is 4.23. The minimum atomic E-state index is -4.29. The van der Waals surface area contributed by atoms with Crippen LogP contribution in [0.15, 0.2) is 48.5 Å². The summed E-state index contributed by atoms with van der Waals surface area (Å²) in [6.45, 7) is 0. The number of alkyl halides is 3. The van der Waals surface area contributed by atoms with E-state index in [1.807, 2.05) is 30.3 Å². The number of ether oxygens (including phenoxy) is 1. The first-order valence-electron chi connectivity index (χ1n) is 5.98. The van der Waals surface area contributed by atoms with E-state index in [0.29, 0.717) is 5.56 Å². The van der Waals surface area contributed by atoms with Gasteiger partial charge in [-0.25, -0.2) is 0 Å². The van der Waals surface area contributed by atoms with Crippen LogP contribution >= 0.6 is 0 Å². The Balaban J connectivity index is 2.10. The molecule has 0 aliphatic rings. The van der Waals surface area contributed by atoms with E-state index in [0.717, 1.165) is 23.4 Å². The molecule has 0 N–H and O–H groups in total. The second-order valence-electron chi connectivity index (χ2n) is 4.23. The molecule has 0 aliphatic carbocycles. The van der Waals surface area contributed by atoms with Crippen LogP contribution in [0, 0.1) is 0 Å². The zero-order chi connectivity index (χ0) is 14.6. The van der Waals surface area contributed by atoms with Crippen LogP contribution in [0.2, 0.25) is 0 Å². The zero-order valence-electron chi connectivity index (χ0n) is 10.8. The molecular formula is C16H13F3O. The normalized spacial score (nSPS) is 11.8. The Morgan fingerprint density at radius 3 is 1.65 bits per heavy atom. The number of benzene rings is 2. The predicted octanol–water partition coefficient (Wildman–Crippen LogP) is 4.88. The van der Waals surface area contributed by atoms with Gasteiger partial charge in [-0.1, -0.05) is 36.4 Å². The topological polar surface area (TPSA) is 9.23 Å². The van der Waals surface area contributed by atoms with E-state index in [-0.39, 0.29) is 0 Å². The lowest BCUT2D eigenvalue weighted by Crippen LogP contribution is -2.03. The Kier molecular flexibility index (Phi) is 4.13. The Labute approximate surface area is 115 Å². The lowest BCUT2D eigenvalue weighted by atomic mass is 10.1. The molecule has 0 bridgehead atoms. The fourth-order valence-electron chi connectivity index (χ4n) is 1.69. The van der Waals surface area contributed by atoms with Gasteiger partial charge in [0.25, 0.3) is 0 Å². The minimum Gasteiger partial charge on any atom is -0.497 e. The van der Waals surface area contributed by atoms with E-state index in [1.54, 1.807) is 13.2 Å². The molecule has 0 aliphatic heterocycles. The van der Waals surface area contributed by atoms with Gasteiger partial charge in [0.15, 0.2) is 0 Å². The van der Waals surface area contributed by atoms with Gasteiger partial charge in [-0.15, -0.1) is 0 Å². The molecule has 0 atom stereocenters. The number of halogens is 3. The molecule has 2 rings (SSSR count). The van der Waals surface area contributed by atoms with Crippen LogP contribution in [-0.2, 0) is 6.18 Å². The van der Waals surface area contributed by atoms with E-state index in [1.165, 1.54) is 12.1 Å². The summed E-state index contributed by atoms with van der Waals surface area (Å²) in [5.74, 6) is 0.761. The molecule has 2 aromatic carbocycles. The molecule has 0 radical (unpaired) electrons. The molecule has 0 spiro atoms. The molecule has 0 saturated heterocycles. The summed E-state index contributed by atoms with van der Waals surface area (Å²) in [4.78, 5) is 0. The summed E-state index contributed by atoms with van der Waals surface area (Å²) in [7, 11) is 1.59. The SMILES string of the molecule is COc1ccc(C=Cc2ccc(C(F)(F)F)cc2)cc1. The molecule has 104 valence electrons. The lowest BCUT2D eigenvalue weighted by Gasteiger charge is -2.05. The summed E-state index contributed by atoms with van der Waals surface area (Å²) in [5, 5.41) is 0. The number of rotatable bonds is 3. The molecular weight excluding hydrogens is 265 g/mol. The van der Waals surface area contributed by atoms with Gasteiger partial charge >= 0.3 is 6.18 Å². The highest BCUT2D eigenvalue weighted by Gasteiger charge is 2.29. The standard InChI is InChI=1S/C16H13F3O/c1-20-15-10-6-13(7-11-15)3-2-12-4-8-14(9-5-12)16(17,18)19/h2-11H,1H3. The molecule has 0 aromatic heterocycles. The minimum absolute atomic E-state index is 0.640. The van der Waals surface area contributed by atoms with Crippen LogP contribution in [0.4, 0.5) is 13.2 Å². The number of hydrogen-bond donors (Lipinski definition) is 0. The quantitative estimate of drug-likeness (QED) is 0.727. The number of methoxy groups -OCH3 is 1. The van der Waals surface area contributed by atoms with Gasteiger partial charge in [0.2, 0.25) is 0 Å². The molecule has 0 saturated carbocycles. The smallest absolute Gasteiger partial charge is 0.416 e. The molecule has 1 nitrogen and oxygen atoms in total. The Bertz CT molecular complexity index is 581. The third-order valence-corrected chi connectivity index (χ3v) is 2.82. The summed E-state index contributed by atoms with van der Waals surface area (Å²) >= 11 is 0. The molecule has 20 heavy (non-hydrogen) atoms. The molecule has 0 amide bonds. The van der Waals surface area contributed by atoms with E-state index in [4.69, 9.17) is 4.74 Å². The van der Waals surface area contributed by atoms with Gasteiger partial charge in [0.1, 0.15) is 5.75 Å². The maximum atomic E-state index is 12.4. The molecule has 0 unspecified atom stereocenters. The summed E-state index contributed by atoms with van der Waals surface area (Å²) < 4.78 is 42.3. The van der Waals surface area contributed by atoms with E-state index >= 15 is 0 Å². The van der Waals surface area contributed by atoms with Crippen LogP contribution in [0.25, 0.3) is 12.2 Å². The van der Waals surface area contributed by atoms with E-state index in [9.17, 15) is 13.2 Å². The number of hydrogen-bond acceptors (Lipinski definition) is 1. The van der Waals surface area contributed by atoms with Gasteiger partial charge in [-0.3, -0.25) is 0 Å². The Hall–Kier alpha value is -2.23. The van der Waals surface area contributed by atoms with E-state index in [2.05, 4.69) is 0 Å². The average Bonchev–Trinajstić information content (AvgIpc) is 2.45. The zero-order valence-corrected chi connectivity index (χ0v) is 10.8. The van der Waals surface area contributed by atoms with Crippen molar-refractivity contribution in [1.82, 2.24) is 0 Å². The van der Waals surface area contributed by atoms with Crippen molar-refractivity contribution in [3.8, 4) is 5.75 Å². The van der Waals surface area contributed by atoms with Crippen molar-refractivity contribution in [3.63, 3.8) is 0 Å². The third kappa shape index (κ3) is 3.63. The molecule has 0 fully saturated rings. The van der Waals surface area contributed by atoms with Crippen molar-refractivity contribution in [1.29, 1.82) is 0 Å². The average molecular weight is 278 g/mol. The highest BCUT2D eigenvalue weighted by Crippen LogP contribution is 2.29. The van der Waals surface area contributed by atoms with Crippen molar-refractivity contribution in [2.24, 2.45) is 0 Å². The maximum absolute atomic E-state index is 12.4. The molecule has 4 heteroatoms. The molecule has 2 aromatic rings. The van der Waals surface area contributed by atoms with E-state index < -0.39 is 11.7 Å². The van der Waals surface area contributed by atoms with Crippen molar-refractivity contribution >= 4 is 12.2 Å². The first-order valence-corrected chi connectivity index (χ1v) is 5.98. The fourth-order valence-corrected chi connectivity index (χ4v) is 1.69. The third-order valence-electron chi connectivity index (χ3n) is 2.82. The second kappa shape index (κ2) is 5.82. The monoisotopic (exact) mass is 278 g/mol. The van der Waals surface area contributed by atoms with Gasteiger partial charge in [-0.2, -0.15) is 13.2 Å². The van der Waals surface area contributed by atoms with Gasteiger partial charge in [-0.05, 0) is 35.4 Å². The van der Waals surface area contributed by atoms with Crippen LogP contribution in [-0.4, -0.2) is 7.11 Å². The van der Waals surface area contributed by atoms with Crippen molar-refractivity contribution < 1.29 is 17.9 Å². The summed E-state index contributed by atoms with van der Waals surface area (Å²) in [6.07, 6.45) is -0.692.